The molecule has 0 saturated carbocycles. The molecular weight excluding hydrogens is 144 g/mol. The predicted molar refractivity (Wildman–Crippen MR) is 46.4 cm³/mol. The van der Waals surface area contributed by atoms with Gasteiger partial charge in [-0.25, -0.2) is 0 Å². The first kappa shape index (κ1) is 8.41. The third-order valence-corrected chi connectivity index (χ3v) is 3.95. The van der Waals surface area contributed by atoms with Gasteiger partial charge in [0.15, 0.2) is 0 Å². The van der Waals surface area contributed by atoms with Crippen molar-refractivity contribution in [1.29, 1.82) is 0 Å². The summed E-state index contributed by atoms with van der Waals surface area (Å²) in [7, 11) is 0. The maximum absolute atomic E-state index is 9.93. The molecule has 0 bridgehead atoms. The van der Waals surface area contributed by atoms with Crippen LogP contribution < -0.4 is 0 Å². The fraction of sp³-hybridized carbons (Fsp3) is 1.00. The Morgan fingerprint density at radius 2 is 2.40 bits per heavy atom. The Bertz CT molecular complexity index is 116. The zero-order chi connectivity index (χ0) is 7.61. The summed E-state index contributed by atoms with van der Waals surface area (Å²) in [4.78, 5) is 0. The highest BCUT2D eigenvalue weighted by Gasteiger charge is 2.34. The summed E-state index contributed by atoms with van der Waals surface area (Å²) in [6.07, 6.45) is 3.08. The van der Waals surface area contributed by atoms with Crippen molar-refractivity contribution in [1.82, 2.24) is 0 Å². The molecule has 0 amide bonds. The lowest BCUT2D eigenvalue weighted by Crippen LogP contribution is -2.40. The van der Waals surface area contributed by atoms with E-state index >= 15 is 0 Å². The van der Waals surface area contributed by atoms with Gasteiger partial charge >= 0.3 is 0 Å². The van der Waals surface area contributed by atoms with Crippen LogP contribution in [0.25, 0.3) is 0 Å². The zero-order valence-electron chi connectivity index (χ0n) is 6.76. The second-order valence-corrected chi connectivity index (χ2v) is 4.52. The van der Waals surface area contributed by atoms with Crippen molar-refractivity contribution in [2.45, 2.75) is 44.0 Å². The van der Waals surface area contributed by atoms with Gasteiger partial charge in [-0.2, -0.15) is 11.8 Å². The minimum absolute atomic E-state index is 0.358. The molecule has 1 saturated heterocycles. The molecule has 2 heteroatoms. The molecule has 1 rings (SSSR count). The van der Waals surface area contributed by atoms with E-state index in [9.17, 15) is 5.11 Å². The van der Waals surface area contributed by atoms with Gasteiger partial charge in [-0.15, -0.1) is 0 Å². The van der Waals surface area contributed by atoms with Crippen molar-refractivity contribution in [2.24, 2.45) is 0 Å². The highest BCUT2D eigenvalue weighted by Crippen LogP contribution is 2.35. The van der Waals surface area contributed by atoms with E-state index in [-0.39, 0.29) is 5.60 Å². The molecule has 2 atom stereocenters. The van der Waals surface area contributed by atoms with Crippen LogP contribution in [-0.4, -0.2) is 21.7 Å². The van der Waals surface area contributed by atoms with Gasteiger partial charge in [0.2, 0.25) is 0 Å². The molecule has 1 heterocycles. The summed E-state index contributed by atoms with van der Waals surface area (Å²) in [6.45, 7) is 4.20. The highest BCUT2D eigenvalue weighted by atomic mass is 32.2. The fourth-order valence-corrected chi connectivity index (χ4v) is 2.72. The smallest absolute Gasteiger partial charge is 0.0760 e. The monoisotopic (exact) mass is 160 g/mol. The third kappa shape index (κ3) is 1.48. The fourth-order valence-electron chi connectivity index (χ4n) is 1.46. The largest absolute Gasteiger partial charge is 0.389 e. The first-order valence-corrected chi connectivity index (χ1v) is 5.08. The van der Waals surface area contributed by atoms with Crippen LogP contribution in [0, 0.1) is 0 Å². The Balaban J connectivity index is 2.54. The van der Waals surface area contributed by atoms with Gasteiger partial charge in [-0.05, 0) is 25.0 Å². The standard InChI is InChI=1S/C8H16OS/c1-3-8(9)5-4-6-10-7(8)2/h7,9H,3-6H2,1-2H3. The predicted octanol–water partition coefficient (Wildman–Crippen LogP) is 2.04. The van der Waals surface area contributed by atoms with Gasteiger partial charge in [-0.1, -0.05) is 13.8 Å². The second-order valence-electron chi connectivity index (χ2n) is 3.07. The SMILES string of the molecule is CCC1(O)CCCSC1C. The molecule has 60 valence electrons. The molecule has 2 unspecified atom stereocenters. The summed E-state index contributed by atoms with van der Waals surface area (Å²) in [5, 5.41) is 10.4. The molecule has 0 spiro atoms. The van der Waals surface area contributed by atoms with Crippen LogP contribution in [-0.2, 0) is 0 Å². The molecule has 1 aliphatic rings. The summed E-state index contributed by atoms with van der Waals surface area (Å²) >= 11 is 1.90. The lowest BCUT2D eigenvalue weighted by molar-refractivity contribution is 0.0257. The van der Waals surface area contributed by atoms with E-state index in [0.29, 0.717) is 5.25 Å². The van der Waals surface area contributed by atoms with Gasteiger partial charge in [0.1, 0.15) is 0 Å². The van der Waals surface area contributed by atoms with E-state index in [1.165, 1.54) is 12.2 Å². The summed E-state index contributed by atoms with van der Waals surface area (Å²) in [5.41, 5.74) is -0.358. The van der Waals surface area contributed by atoms with Crippen LogP contribution >= 0.6 is 11.8 Å². The van der Waals surface area contributed by atoms with Crippen molar-refractivity contribution in [3.63, 3.8) is 0 Å². The molecule has 1 aliphatic heterocycles. The third-order valence-electron chi connectivity index (χ3n) is 2.49. The Labute approximate surface area is 67.2 Å². The topological polar surface area (TPSA) is 20.2 Å². The molecule has 1 N–H and O–H groups in total. The van der Waals surface area contributed by atoms with Crippen LogP contribution in [0.3, 0.4) is 0 Å². The molecule has 1 nitrogen and oxygen atoms in total. The first-order valence-electron chi connectivity index (χ1n) is 4.03. The Kier molecular flexibility index (Phi) is 2.64. The van der Waals surface area contributed by atoms with E-state index in [0.717, 1.165) is 12.8 Å². The average Bonchev–Trinajstić information content (AvgIpc) is 1.96. The quantitative estimate of drug-likeness (QED) is 0.633. The number of thioether (sulfide) groups is 1. The molecule has 1 fully saturated rings. The van der Waals surface area contributed by atoms with E-state index < -0.39 is 0 Å². The van der Waals surface area contributed by atoms with Crippen LogP contribution in [0.15, 0.2) is 0 Å². The van der Waals surface area contributed by atoms with Crippen molar-refractivity contribution < 1.29 is 5.11 Å². The summed E-state index contributed by atoms with van der Waals surface area (Å²) < 4.78 is 0. The first-order chi connectivity index (χ1) is 4.69. The van der Waals surface area contributed by atoms with Gasteiger partial charge in [0.05, 0.1) is 5.60 Å². The van der Waals surface area contributed by atoms with Crippen molar-refractivity contribution in [2.75, 3.05) is 5.75 Å². The van der Waals surface area contributed by atoms with Crippen LogP contribution in [0.2, 0.25) is 0 Å². The molecular formula is C8H16OS. The van der Waals surface area contributed by atoms with Crippen molar-refractivity contribution in [3.05, 3.63) is 0 Å². The number of rotatable bonds is 1. The lowest BCUT2D eigenvalue weighted by Gasteiger charge is -2.36. The van der Waals surface area contributed by atoms with Crippen LogP contribution in [0.1, 0.15) is 33.1 Å². The average molecular weight is 160 g/mol. The van der Waals surface area contributed by atoms with E-state index in [4.69, 9.17) is 0 Å². The van der Waals surface area contributed by atoms with Crippen LogP contribution in [0.4, 0.5) is 0 Å². The molecule has 0 aromatic heterocycles. The summed E-state index contributed by atoms with van der Waals surface area (Å²) in [5.74, 6) is 1.23. The number of hydrogen-bond donors (Lipinski definition) is 1. The minimum Gasteiger partial charge on any atom is -0.389 e. The maximum atomic E-state index is 9.93. The number of aliphatic hydroxyl groups is 1. The van der Waals surface area contributed by atoms with Gasteiger partial charge in [0.25, 0.3) is 0 Å². The second kappa shape index (κ2) is 3.14. The van der Waals surface area contributed by atoms with E-state index in [1.54, 1.807) is 0 Å². The maximum Gasteiger partial charge on any atom is 0.0760 e. The molecule has 0 radical (unpaired) electrons. The van der Waals surface area contributed by atoms with Gasteiger partial charge in [0, 0.05) is 5.25 Å². The molecule has 0 aliphatic carbocycles. The molecule has 0 aromatic rings. The Morgan fingerprint density at radius 3 is 2.80 bits per heavy atom. The van der Waals surface area contributed by atoms with E-state index in [2.05, 4.69) is 13.8 Å². The van der Waals surface area contributed by atoms with Crippen molar-refractivity contribution >= 4 is 11.8 Å². The Hall–Kier alpha value is 0.310. The number of hydrogen-bond acceptors (Lipinski definition) is 2. The molecule has 0 aromatic carbocycles. The Morgan fingerprint density at radius 1 is 1.70 bits per heavy atom. The lowest BCUT2D eigenvalue weighted by atomic mass is 9.91. The minimum atomic E-state index is -0.358. The molecule has 10 heavy (non-hydrogen) atoms. The zero-order valence-corrected chi connectivity index (χ0v) is 7.58. The normalized spacial score (nSPS) is 41.7. The van der Waals surface area contributed by atoms with Crippen molar-refractivity contribution in [3.8, 4) is 0 Å². The van der Waals surface area contributed by atoms with Crippen LogP contribution in [0.5, 0.6) is 0 Å². The van der Waals surface area contributed by atoms with Gasteiger partial charge < -0.3 is 5.11 Å². The summed E-state index contributed by atoms with van der Waals surface area (Å²) in [6, 6.07) is 0. The van der Waals surface area contributed by atoms with Gasteiger partial charge in [-0.3, -0.25) is 0 Å². The van der Waals surface area contributed by atoms with E-state index in [1.807, 2.05) is 11.8 Å². The highest BCUT2D eigenvalue weighted by molar-refractivity contribution is 8.00.